The van der Waals surface area contributed by atoms with Crippen LogP contribution in [0.3, 0.4) is 0 Å². The monoisotopic (exact) mass is 276 g/mol. The first-order valence-corrected chi connectivity index (χ1v) is 5.83. The number of amides is 1. The van der Waals surface area contributed by atoms with E-state index in [0.717, 1.165) is 0 Å². The van der Waals surface area contributed by atoms with E-state index < -0.39 is 22.9 Å². The van der Waals surface area contributed by atoms with Gasteiger partial charge >= 0.3 is 5.69 Å². The Kier molecular flexibility index (Phi) is 3.94. The number of ether oxygens (including phenoxy) is 1. The lowest BCUT2D eigenvalue weighted by atomic mass is 10.3. The minimum absolute atomic E-state index is 0.418. The molecule has 0 aliphatic rings. The van der Waals surface area contributed by atoms with Gasteiger partial charge in [0.05, 0.1) is 6.61 Å². The van der Waals surface area contributed by atoms with Crippen molar-refractivity contribution in [2.45, 2.75) is 6.92 Å². The van der Waals surface area contributed by atoms with Gasteiger partial charge in [-0.2, -0.15) is 5.10 Å². The molecule has 8 nitrogen and oxygen atoms in total. The maximum atomic E-state index is 11.8. The van der Waals surface area contributed by atoms with E-state index in [2.05, 4.69) is 10.4 Å². The van der Waals surface area contributed by atoms with Crippen LogP contribution in [0.4, 0.5) is 5.69 Å². The maximum Gasteiger partial charge on any atom is 0.342 e. The molecular weight excluding hydrogens is 264 g/mol. The van der Waals surface area contributed by atoms with Crippen molar-refractivity contribution in [2.24, 2.45) is 0 Å². The Labute approximate surface area is 112 Å². The molecule has 0 aliphatic heterocycles. The fraction of sp³-hybridized carbons (Fsp3) is 0.167. The van der Waals surface area contributed by atoms with Crippen molar-refractivity contribution in [3.63, 3.8) is 0 Å². The smallest absolute Gasteiger partial charge is 0.342 e. The second-order valence-corrected chi connectivity index (χ2v) is 3.77. The van der Waals surface area contributed by atoms with E-state index in [-0.39, 0.29) is 0 Å². The summed E-state index contributed by atoms with van der Waals surface area (Å²) in [5.74, 6) is -0.0443. The summed E-state index contributed by atoms with van der Waals surface area (Å²) in [6.07, 6.45) is 0. The molecule has 8 heteroatoms. The van der Waals surface area contributed by atoms with Gasteiger partial charge in [0, 0.05) is 5.69 Å². The van der Waals surface area contributed by atoms with Crippen molar-refractivity contribution < 1.29 is 9.53 Å². The third kappa shape index (κ3) is 3.10. The van der Waals surface area contributed by atoms with Crippen molar-refractivity contribution >= 4 is 11.6 Å². The molecule has 104 valence electrons. The molecule has 0 fully saturated rings. The van der Waals surface area contributed by atoms with Crippen LogP contribution >= 0.6 is 0 Å². The predicted molar refractivity (Wildman–Crippen MR) is 71.0 cm³/mol. The molecule has 0 aliphatic carbocycles. The van der Waals surface area contributed by atoms with Gasteiger partial charge in [0.25, 0.3) is 11.5 Å². The zero-order valence-corrected chi connectivity index (χ0v) is 10.6. The van der Waals surface area contributed by atoms with Crippen LogP contribution in [0.2, 0.25) is 0 Å². The quantitative estimate of drug-likeness (QED) is 0.732. The largest absolute Gasteiger partial charge is 0.494 e. The first kappa shape index (κ1) is 13.5. The number of hydrogen-bond acceptors (Lipinski definition) is 5. The predicted octanol–water partition coefficient (Wildman–Crippen LogP) is 0.109. The topological polar surface area (TPSA) is 117 Å². The minimum Gasteiger partial charge on any atom is -0.494 e. The number of anilines is 1. The molecule has 0 unspecified atom stereocenters. The molecule has 1 amide bonds. The summed E-state index contributed by atoms with van der Waals surface area (Å²) in [6.45, 7) is 2.41. The van der Waals surface area contributed by atoms with Crippen LogP contribution in [-0.2, 0) is 0 Å². The Morgan fingerprint density at radius 3 is 2.60 bits per heavy atom. The van der Waals surface area contributed by atoms with Gasteiger partial charge in [0.15, 0.2) is 0 Å². The van der Waals surface area contributed by atoms with Crippen LogP contribution in [0.1, 0.15) is 17.4 Å². The van der Waals surface area contributed by atoms with E-state index in [4.69, 9.17) is 4.74 Å². The summed E-state index contributed by atoms with van der Waals surface area (Å²) in [7, 11) is 0. The lowest BCUT2D eigenvalue weighted by Crippen LogP contribution is -2.32. The fourth-order valence-corrected chi connectivity index (χ4v) is 1.49. The highest BCUT2D eigenvalue weighted by Gasteiger charge is 2.13. The molecule has 0 atom stereocenters. The molecule has 0 spiro atoms. The lowest BCUT2D eigenvalue weighted by Gasteiger charge is -2.06. The van der Waals surface area contributed by atoms with Crippen LogP contribution in [0.5, 0.6) is 5.75 Å². The van der Waals surface area contributed by atoms with E-state index in [1.807, 2.05) is 17.0 Å². The van der Waals surface area contributed by atoms with Gasteiger partial charge in [-0.15, -0.1) is 0 Å². The molecule has 2 rings (SSSR count). The summed E-state index contributed by atoms with van der Waals surface area (Å²) in [5, 5.41) is 7.88. The fourth-order valence-electron chi connectivity index (χ4n) is 1.49. The molecule has 1 aromatic carbocycles. The number of rotatable bonds is 4. The third-order valence-corrected chi connectivity index (χ3v) is 2.35. The number of nitrogens with zero attached hydrogens (tertiary/aromatic N) is 1. The van der Waals surface area contributed by atoms with E-state index in [1.54, 1.807) is 24.3 Å². The number of H-pyrrole nitrogens is 2. The summed E-state index contributed by atoms with van der Waals surface area (Å²) >= 11 is 0. The third-order valence-electron chi connectivity index (χ3n) is 2.35. The molecule has 0 saturated heterocycles. The number of hydrogen-bond donors (Lipinski definition) is 3. The van der Waals surface area contributed by atoms with Gasteiger partial charge in [-0.3, -0.25) is 14.6 Å². The van der Waals surface area contributed by atoms with E-state index in [1.165, 1.54) is 0 Å². The number of nitrogens with one attached hydrogen (secondary N) is 3. The van der Waals surface area contributed by atoms with Gasteiger partial charge in [-0.1, -0.05) is 0 Å². The Morgan fingerprint density at radius 1 is 1.30 bits per heavy atom. The van der Waals surface area contributed by atoms with E-state index in [0.29, 0.717) is 18.0 Å². The van der Waals surface area contributed by atoms with Crippen molar-refractivity contribution in [3.05, 3.63) is 50.8 Å². The molecule has 0 saturated carbocycles. The highest BCUT2D eigenvalue weighted by Crippen LogP contribution is 2.15. The van der Waals surface area contributed by atoms with Crippen LogP contribution in [0, 0.1) is 0 Å². The normalized spacial score (nSPS) is 10.1. The summed E-state index contributed by atoms with van der Waals surface area (Å²) < 4.78 is 5.26. The van der Waals surface area contributed by atoms with Crippen LogP contribution in [0.25, 0.3) is 0 Å². The Balaban J connectivity index is 2.15. The van der Waals surface area contributed by atoms with Crippen molar-refractivity contribution in [1.82, 2.24) is 15.2 Å². The molecule has 1 heterocycles. The van der Waals surface area contributed by atoms with Gasteiger partial charge in [-0.05, 0) is 31.2 Å². The second-order valence-electron chi connectivity index (χ2n) is 3.77. The van der Waals surface area contributed by atoms with E-state index >= 15 is 0 Å². The Morgan fingerprint density at radius 2 is 2.00 bits per heavy atom. The first-order valence-electron chi connectivity index (χ1n) is 5.83. The van der Waals surface area contributed by atoms with Crippen LogP contribution in [0.15, 0.2) is 33.9 Å². The molecule has 3 N–H and O–H groups in total. The SMILES string of the molecule is CCOc1ccc(NC(=O)c2n[nH]c(=O)[nH]c2=O)cc1. The summed E-state index contributed by atoms with van der Waals surface area (Å²) in [4.78, 5) is 35.9. The Hall–Kier alpha value is -2.90. The van der Waals surface area contributed by atoms with Gasteiger partial charge in [0.1, 0.15) is 5.75 Å². The maximum absolute atomic E-state index is 11.8. The number of benzene rings is 1. The molecule has 1 aromatic heterocycles. The molecule has 0 bridgehead atoms. The zero-order valence-electron chi connectivity index (χ0n) is 10.6. The molecule has 20 heavy (non-hydrogen) atoms. The van der Waals surface area contributed by atoms with Gasteiger partial charge in [-0.25, -0.2) is 9.89 Å². The Bertz CT molecular complexity index is 717. The molecule has 2 aromatic rings. The number of aromatic nitrogens is 3. The van der Waals surface area contributed by atoms with E-state index in [9.17, 15) is 14.4 Å². The van der Waals surface area contributed by atoms with Crippen molar-refractivity contribution in [1.29, 1.82) is 0 Å². The highest BCUT2D eigenvalue weighted by molar-refractivity contribution is 6.02. The van der Waals surface area contributed by atoms with Crippen molar-refractivity contribution in [3.8, 4) is 5.75 Å². The standard InChI is InChI=1S/C12H12N4O4/c1-2-20-8-5-3-7(4-6-8)13-10(17)9-11(18)14-12(19)16-15-9/h3-6H,2H2,1H3,(H,13,17)(H2,14,16,18,19). The van der Waals surface area contributed by atoms with Gasteiger partial charge < -0.3 is 10.1 Å². The second kappa shape index (κ2) is 5.83. The summed E-state index contributed by atoms with van der Waals surface area (Å²) in [5.41, 5.74) is -1.56. The first-order chi connectivity index (χ1) is 9.60. The van der Waals surface area contributed by atoms with Crippen LogP contribution in [-0.4, -0.2) is 27.7 Å². The van der Waals surface area contributed by atoms with Crippen LogP contribution < -0.4 is 21.3 Å². The number of carbonyl (C=O) groups is 1. The number of aromatic amines is 2. The average Bonchev–Trinajstić information content (AvgIpc) is 2.41. The molecular formula is C12H12N4O4. The average molecular weight is 276 g/mol. The zero-order chi connectivity index (χ0) is 14.5. The number of carbonyl (C=O) groups excluding carboxylic acids is 1. The van der Waals surface area contributed by atoms with Crippen molar-refractivity contribution in [2.75, 3.05) is 11.9 Å². The van der Waals surface area contributed by atoms with Gasteiger partial charge in [0.2, 0.25) is 5.69 Å². The minimum atomic E-state index is -0.850. The highest BCUT2D eigenvalue weighted by atomic mass is 16.5. The lowest BCUT2D eigenvalue weighted by molar-refractivity contribution is 0.101. The molecule has 0 radical (unpaired) electrons. The summed E-state index contributed by atoms with van der Waals surface area (Å²) in [6, 6.07) is 6.62.